The number of nitrogens with one attached hydrogen (secondary N) is 1. The Labute approximate surface area is 95.5 Å². The summed E-state index contributed by atoms with van der Waals surface area (Å²) >= 11 is 0. The average molecular weight is 222 g/mol. The van der Waals surface area contributed by atoms with Crippen molar-refractivity contribution < 1.29 is 9.90 Å². The number of carbonyl (C=O) groups excluding carboxylic acids is 1. The maximum Gasteiger partial charge on any atom is 0.251 e. The van der Waals surface area contributed by atoms with Gasteiger partial charge in [-0.05, 0) is 38.0 Å². The molecule has 1 aromatic rings. The van der Waals surface area contributed by atoms with E-state index in [0.29, 0.717) is 11.3 Å². The molecule has 1 atom stereocenters. The predicted octanol–water partition coefficient (Wildman–Crippen LogP) is 0.996. The van der Waals surface area contributed by atoms with Crippen LogP contribution < -0.4 is 11.1 Å². The smallest absolute Gasteiger partial charge is 0.251 e. The normalized spacial score (nSPS) is 12.2. The minimum Gasteiger partial charge on any atom is -0.398 e. The van der Waals surface area contributed by atoms with Crippen LogP contribution in [0.4, 0.5) is 5.69 Å². The van der Waals surface area contributed by atoms with Crippen molar-refractivity contribution in [3.8, 4) is 0 Å². The zero-order valence-corrected chi connectivity index (χ0v) is 9.87. The van der Waals surface area contributed by atoms with Crippen LogP contribution in [0.15, 0.2) is 12.1 Å². The molecule has 88 valence electrons. The van der Waals surface area contributed by atoms with Crippen LogP contribution in [0.3, 0.4) is 0 Å². The summed E-state index contributed by atoms with van der Waals surface area (Å²) in [5.74, 6) is -0.204. The van der Waals surface area contributed by atoms with Crippen LogP contribution in [-0.2, 0) is 0 Å². The van der Waals surface area contributed by atoms with Gasteiger partial charge in [0.05, 0.1) is 6.10 Å². The first kappa shape index (κ1) is 12.5. The fourth-order valence-electron chi connectivity index (χ4n) is 1.45. The highest BCUT2D eigenvalue weighted by Gasteiger charge is 2.11. The van der Waals surface area contributed by atoms with Gasteiger partial charge in [0, 0.05) is 17.8 Å². The Morgan fingerprint density at radius 1 is 1.44 bits per heavy atom. The van der Waals surface area contributed by atoms with Crippen molar-refractivity contribution in [2.45, 2.75) is 26.9 Å². The van der Waals surface area contributed by atoms with Gasteiger partial charge < -0.3 is 16.2 Å². The van der Waals surface area contributed by atoms with Crippen molar-refractivity contribution in [1.29, 1.82) is 0 Å². The molecule has 4 heteroatoms. The van der Waals surface area contributed by atoms with Crippen molar-refractivity contribution in [2.24, 2.45) is 0 Å². The molecule has 16 heavy (non-hydrogen) atoms. The first-order valence-electron chi connectivity index (χ1n) is 5.24. The lowest BCUT2D eigenvalue weighted by atomic mass is 10.0. The molecule has 0 fully saturated rings. The quantitative estimate of drug-likeness (QED) is 0.668. The molecular formula is C12H18N2O2. The number of hydrogen-bond donors (Lipinski definition) is 3. The van der Waals surface area contributed by atoms with Gasteiger partial charge in [-0.25, -0.2) is 0 Å². The van der Waals surface area contributed by atoms with E-state index in [0.717, 1.165) is 11.1 Å². The Morgan fingerprint density at radius 2 is 2.06 bits per heavy atom. The van der Waals surface area contributed by atoms with Gasteiger partial charge in [0.2, 0.25) is 0 Å². The third-order valence-corrected chi connectivity index (χ3v) is 2.42. The van der Waals surface area contributed by atoms with Crippen LogP contribution in [0.25, 0.3) is 0 Å². The molecule has 0 aliphatic carbocycles. The van der Waals surface area contributed by atoms with Crippen molar-refractivity contribution in [3.63, 3.8) is 0 Å². The van der Waals surface area contributed by atoms with Crippen molar-refractivity contribution in [3.05, 3.63) is 28.8 Å². The summed E-state index contributed by atoms with van der Waals surface area (Å²) in [6.45, 7) is 5.63. The summed E-state index contributed by atoms with van der Waals surface area (Å²) in [6.07, 6.45) is -0.549. The molecule has 0 bridgehead atoms. The summed E-state index contributed by atoms with van der Waals surface area (Å²) in [7, 11) is 0. The van der Waals surface area contributed by atoms with Crippen LogP contribution in [0, 0.1) is 13.8 Å². The van der Waals surface area contributed by atoms with E-state index < -0.39 is 6.10 Å². The highest BCUT2D eigenvalue weighted by Crippen LogP contribution is 2.17. The number of anilines is 1. The Hall–Kier alpha value is -1.55. The second kappa shape index (κ2) is 4.99. The van der Waals surface area contributed by atoms with Crippen molar-refractivity contribution >= 4 is 11.6 Å². The van der Waals surface area contributed by atoms with Gasteiger partial charge in [-0.15, -0.1) is 0 Å². The number of aliphatic hydroxyl groups excluding tert-OH is 1. The second-order valence-electron chi connectivity index (χ2n) is 4.08. The van der Waals surface area contributed by atoms with Crippen LogP contribution in [0.2, 0.25) is 0 Å². The van der Waals surface area contributed by atoms with Crippen LogP contribution in [0.5, 0.6) is 0 Å². The van der Waals surface area contributed by atoms with Crippen molar-refractivity contribution in [1.82, 2.24) is 5.32 Å². The molecule has 0 aliphatic rings. The third-order valence-electron chi connectivity index (χ3n) is 2.42. The van der Waals surface area contributed by atoms with Gasteiger partial charge in [-0.3, -0.25) is 4.79 Å². The number of aliphatic hydroxyl groups is 1. The Bertz CT molecular complexity index is 400. The van der Waals surface area contributed by atoms with Crippen LogP contribution >= 0.6 is 0 Å². The van der Waals surface area contributed by atoms with E-state index in [2.05, 4.69) is 5.32 Å². The maximum atomic E-state index is 11.8. The third kappa shape index (κ3) is 2.97. The zero-order chi connectivity index (χ0) is 12.3. The number of amides is 1. The lowest BCUT2D eigenvalue weighted by Gasteiger charge is -2.11. The summed E-state index contributed by atoms with van der Waals surface area (Å²) in [5, 5.41) is 11.7. The first-order valence-corrected chi connectivity index (χ1v) is 5.24. The molecule has 0 unspecified atom stereocenters. The Balaban J connectivity index is 2.87. The molecule has 0 aliphatic heterocycles. The summed E-state index contributed by atoms with van der Waals surface area (Å²) < 4.78 is 0. The minimum atomic E-state index is -0.549. The highest BCUT2D eigenvalue weighted by atomic mass is 16.3. The van der Waals surface area contributed by atoms with E-state index >= 15 is 0 Å². The molecule has 0 saturated carbocycles. The van der Waals surface area contributed by atoms with E-state index in [1.165, 1.54) is 0 Å². The number of benzene rings is 1. The number of hydrogen-bond acceptors (Lipinski definition) is 3. The zero-order valence-electron chi connectivity index (χ0n) is 9.87. The lowest BCUT2D eigenvalue weighted by molar-refractivity contribution is 0.0923. The van der Waals surface area contributed by atoms with Gasteiger partial charge in [0.25, 0.3) is 5.91 Å². The molecule has 0 spiro atoms. The van der Waals surface area contributed by atoms with E-state index in [1.807, 2.05) is 19.9 Å². The average Bonchev–Trinajstić information content (AvgIpc) is 2.20. The molecule has 0 heterocycles. The molecule has 1 amide bonds. The monoisotopic (exact) mass is 222 g/mol. The van der Waals surface area contributed by atoms with Gasteiger partial charge >= 0.3 is 0 Å². The van der Waals surface area contributed by atoms with E-state index in [-0.39, 0.29) is 12.5 Å². The number of carbonyl (C=O) groups is 1. The van der Waals surface area contributed by atoms with E-state index in [9.17, 15) is 4.79 Å². The molecule has 0 radical (unpaired) electrons. The lowest BCUT2D eigenvalue weighted by Crippen LogP contribution is -2.31. The number of nitrogens with two attached hydrogens (primary N) is 1. The number of aryl methyl sites for hydroxylation is 2. The summed E-state index contributed by atoms with van der Waals surface area (Å²) in [6, 6.07) is 3.55. The van der Waals surface area contributed by atoms with E-state index in [4.69, 9.17) is 10.8 Å². The minimum absolute atomic E-state index is 0.204. The largest absolute Gasteiger partial charge is 0.398 e. The van der Waals surface area contributed by atoms with Gasteiger partial charge in [-0.1, -0.05) is 6.07 Å². The second-order valence-corrected chi connectivity index (χ2v) is 4.08. The topological polar surface area (TPSA) is 75.3 Å². The van der Waals surface area contributed by atoms with Gasteiger partial charge in [-0.2, -0.15) is 0 Å². The molecule has 1 rings (SSSR count). The Morgan fingerprint density at radius 3 is 2.62 bits per heavy atom. The molecule has 0 aromatic heterocycles. The standard InChI is InChI=1S/C12H18N2O2/c1-7-4-8(2)11(13)5-10(7)12(16)14-6-9(3)15/h4-5,9,15H,6,13H2,1-3H3,(H,14,16)/t9-/m0/s1. The molecule has 4 N–H and O–H groups in total. The fraction of sp³-hybridized carbons (Fsp3) is 0.417. The van der Waals surface area contributed by atoms with E-state index in [1.54, 1.807) is 13.0 Å². The van der Waals surface area contributed by atoms with Crippen LogP contribution in [-0.4, -0.2) is 23.7 Å². The molecule has 1 aromatic carbocycles. The number of rotatable bonds is 3. The summed E-state index contributed by atoms with van der Waals surface area (Å²) in [4.78, 5) is 11.8. The predicted molar refractivity (Wildman–Crippen MR) is 64.3 cm³/mol. The van der Waals surface area contributed by atoms with Crippen molar-refractivity contribution in [2.75, 3.05) is 12.3 Å². The van der Waals surface area contributed by atoms with Crippen LogP contribution in [0.1, 0.15) is 28.4 Å². The Kier molecular flexibility index (Phi) is 3.90. The SMILES string of the molecule is Cc1cc(C)c(C(=O)NC[C@H](C)O)cc1N. The number of nitrogen functional groups attached to an aromatic ring is 1. The first-order chi connectivity index (χ1) is 7.41. The molecular weight excluding hydrogens is 204 g/mol. The molecule has 0 saturated heterocycles. The van der Waals surface area contributed by atoms with Gasteiger partial charge in [0.15, 0.2) is 0 Å². The summed E-state index contributed by atoms with van der Waals surface area (Å²) in [5.41, 5.74) is 8.76. The fourth-order valence-corrected chi connectivity index (χ4v) is 1.45. The maximum absolute atomic E-state index is 11.8. The van der Waals surface area contributed by atoms with Gasteiger partial charge in [0.1, 0.15) is 0 Å². The highest BCUT2D eigenvalue weighted by molar-refractivity contribution is 5.96. The molecule has 4 nitrogen and oxygen atoms in total.